The van der Waals surface area contributed by atoms with E-state index in [2.05, 4.69) is 5.32 Å². The Labute approximate surface area is 120 Å². The molecule has 0 bridgehead atoms. The molecule has 1 aliphatic carbocycles. The van der Waals surface area contributed by atoms with Crippen LogP contribution in [0.4, 0.5) is 4.79 Å². The molecule has 0 aliphatic heterocycles. The molecular formula is C14H26N2O4. The molecule has 6 heteroatoms. The fraction of sp³-hybridized carbons (Fsp3) is 0.857. The van der Waals surface area contributed by atoms with E-state index in [1.165, 1.54) is 0 Å². The number of aliphatic carboxylic acids is 1. The van der Waals surface area contributed by atoms with Crippen LogP contribution in [0.25, 0.3) is 0 Å². The van der Waals surface area contributed by atoms with E-state index in [0.29, 0.717) is 19.4 Å². The first kappa shape index (κ1) is 16.8. The third-order valence-electron chi connectivity index (χ3n) is 4.26. The minimum absolute atomic E-state index is 0.0539. The maximum atomic E-state index is 12.2. The molecule has 1 rings (SSSR count). The molecule has 20 heavy (non-hydrogen) atoms. The molecule has 1 fully saturated rings. The molecule has 1 saturated carbocycles. The summed E-state index contributed by atoms with van der Waals surface area (Å²) in [5.74, 6) is -0.897. The molecule has 0 radical (unpaired) electrons. The fourth-order valence-corrected chi connectivity index (χ4v) is 2.11. The molecule has 0 aromatic carbocycles. The van der Waals surface area contributed by atoms with Crippen LogP contribution in [0, 0.1) is 5.41 Å². The van der Waals surface area contributed by atoms with Gasteiger partial charge in [0.15, 0.2) is 0 Å². The number of carbonyl (C=O) groups is 2. The van der Waals surface area contributed by atoms with Gasteiger partial charge in [-0.3, -0.25) is 4.79 Å². The van der Waals surface area contributed by atoms with Gasteiger partial charge in [0.05, 0.1) is 5.41 Å². The number of rotatable bonds is 8. The summed E-state index contributed by atoms with van der Waals surface area (Å²) in [6, 6.07) is 0.0170. The Bertz CT molecular complexity index is 344. The summed E-state index contributed by atoms with van der Waals surface area (Å²) in [4.78, 5) is 25.2. The van der Waals surface area contributed by atoms with Crippen molar-refractivity contribution in [3.63, 3.8) is 0 Å². The number of carboxylic acids is 1. The van der Waals surface area contributed by atoms with E-state index < -0.39 is 11.4 Å². The number of nitrogens with one attached hydrogen (secondary N) is 1. The first-order valence-electron chi connectivity index (χ1n) is 7.33. The van der Waals surface area contributed by atoms with E-state index >= 15 is 0 Å². The Morgan fingerprint density at radius 1 is 1.40 bits per heavy atom. The summed E-state index contributed by atoms with van der Waals surface area (Å²) < 4.78 is 0. The molecule has 0 heterocycles. The van der Waals surface area contributed by atoms with E-state index in [4.69, 9.17) is 5.11 Å². The Morgan fingerprint density at radius 3 is 2.45 bits per heavy atom. The van der Waals surface area contributed by atoms with Crippen molar-refractivity contribution >= 4 is 12.0 Å². The Morgan fingerprint density at radius 2 is 2.05 bits per heavy atom. The minimum atomic E-state index is -0.933. The predicted molar refractivity (Wildman–Crippen MR) is 75.5 cm³/mol. The molecule has 0 aromatic rings. The van der Waals surface area contributed by atoms with Crippen molar-refractivity contribution in [2.45, 2.75) is 52.0 Å². The van der Waals surface area contributed by atoms with Gasteiger partial charge in [-0.2, -0.15) is 0 Å². The van der Waals surface area contributed by atoms with Gasteiger partial charge >= 0.3 is 12.0 Å². The molecule has 1 unspecified atom stereocenters. The highest BCUT2D eigenvalue weighted by molar-refractivity contribution is 5.78. The Kier molecular flexibility index (Phi) is 6.26. The lowest BCUT2D eigenvalue weighted by atomic mass is 9.87. The molecule has 1 aliphatic rings. The summed E-state index contributed by atoms with van der Waals surface area (Å²) >= 11 is 0. The first-order valence-corrected chi connectivity index (χ1v) is 7.33. The average molecular weight is 286 g/mol. The van der Waals surface area contributed by atoms with Crippen LogP contribution in [0.3, 0.4) is 0 Å². The van der Waals surface area contributed by atoms with Gasteiger partial charge in [-0.05, 0) is 39.0 Å². The zero-order chi connectivity index (χ0) is 15.2. The van der Waals surface area contributed by atoms with Gasteiger partial charge < -0.3 is 20.4 Å². The summed E-state index contributed by atoms with van der Waals surface area (Å²) in [5.41, 5.74) is -0.933. The second kappa shape index (κ2) is 7.47. The zero-order valence-electron chi connectivity index (χ0n) is 12.4. The standard InChI is InChI=1S/C14H26N2O4/c1-3-14(2,12(18)19)10-15-13(20)16(8-5-9-17)11-6-4-7-11/h11,17H,3-10H2,1-2H3,(H,15,20)(H,18,19). The third-order valence-corrected chi connectivity index (χ3v) is 4.26. The molecule has 6 nitrogen and oxygen atoms in total. The van der Waals surface area contributed by atoms with Crippen LogP contribution < -0.4 is 5.32 Å². The number of urea groups is 1. The second-order valence-corrected chi connectivity index (χ2v) is 5.73. The highest BCUT2D eigenvalue weighted by Gasteiger charge is 2.33. The lowest BCUT2D eigenvalue weighted by molar-refractivity contribution is -0.147. The monoisotopic (exact) mass is 286 g/mol. The fourth-order valence-electron chi connectivity index (χ4n) is 2.11. The van der Waals surface area contributed by atoms with Gasteiger partial charge in [0, 0.05) is 25.7 Å². The topological polar surface area (TPSA) is 89.9 Å². The molecule has 3 N–H and O–H groups in total. The van der Waals surface area contributed by atoms with Crippen LogP contribution in [0.5, 0.6) is 0 Å². The van der Waals surface area contributed by atoms with Gasteiger partial charge in [0.25, 0.3) is 0 Å². The maximum Gasteiger partial charge on any atom is 0.317 e. The van der Waals surface area contributed by atoms with Gasteiger partial charge in [-0.1, -0.05) is 6.92 Å². The minimum Gasteiger partial charge on any atom is -0.481 e. The quantitative estimate of drug-likeness (QED) is 0.629. The number of hydrogen-bond acceptors (Lipinski definition) is 3. The van der Waals surface area contributed by atoms with E-state index in [1.54, 1.807) is 18.7 Å². The predicted octanol–water partition coefficient (Wildman–Crippen LogP) is 1.43. The van der Waals surface area contributed by atoms with Crippen molar-refractivity contribution in [3.8, 4) is 0 Å². The van der Waals surface area contributed by atoms with E-state index in [9.17, 15) is 14.7 Å². The number of carboxylic acid groups (broad SMARTS) is 1. The zero-order valence-corrected chi connectivity index (χ0v) is 12.4. The molecule has 1 atom stereocenters. The van der Waals surface area contributed by atoms with Crippen molar-refractivity contribution in [2.24, 2.45) is 5.41 Å². The molecular weight excluding hydrogens is 260 g/mol. The SMILES string of the molecule is CCC(C)(CNC(=O)N(CCCO)C1CCC1)C(=O)O. The van der Waals surface area contributed by atoms with Crippen molar-refractivity contribution in [3.05, 3.63) is 0 Å². The van der Waals surface area contributed by atoms with E-state index in [0.717, 1.165) is 19.3 Å². The average Bonchev–Trinajstić information content (AvgIpc) is 2.37. The Hall–Kier alpha value is -1.30. The number of nitrogens with zero attached hydrogens (tertiary/aromatic N) is 1. The van der Waals surface area contributed by atoms with Crippen LogP contribution >= 0.6 is 0 Å². The van der Waals surface area contributed by atoms with Gasteiger partial charge in [0.1, 0.15) is 0 Å². The Balaban J connectivity index is 2.54. The van der Waals surface area contributed by atoms with Crippen molar-refractivity contribution in [1.82, 2.24) is 10.2 Å². The molecule has 0 spiro atoms. The maximum absolute atomic E-state index is 12.2. The number of carbonyl (C=O) groups excluding carboxylic acids is 1. The number of aliphatic hydroxyl groups excluding tert-OH is 1. The van der Waals surface area contributed by atoms with Crippen LogP contribution in [0.15, 0.2) is 0 Å². The normalized spacial score (nSPS) is 17.9. The van der Waals surface area contributed by atoms with Crippen LogP contribution in [-0.4, -0.2) is 52.9 Å². The first-order chi connectivity index (χ1) is 9.44. The third kappa shape index (κ3) is 4.10. The molecule has 0 aromatic heterocycles. The lowest BCUT2D eigenvalue weighted by Gasteiger charge is -2.38. The van der Waals surface area contributed by atoms with Gasteiger partial charge in [-0.15, -0.1) is 0 Å². The largest absolute Gasteiger partial charge is 0.481 e. The van der Waals surface area contributed by atoms with Crippen LogP contribution in [0.2, 0.25) is 0 Å². The van der Waals surface area contributed by atoms with Crippen molar-refractivity contribution in [1.29, 1.82) is 0 Å². The van der Waals surface area contributed by atoms with E-state index in [1.807, 2.05) is 0 Å². The van der Waals surface area contributed by atoms with Crippen LogP contribution in [0.1, 0.15) is 46.0 Å². The summed E-state index contributed by atoms with van der Waals surface area (Å²) in [6.07, 6.45) is 4.11. The smallest absolute Gasteiger partial charge is 0.317 e. The number of hydrogen-bond donors (Lipinski definition) is 3. The summed E-state index contributed by atoms with van der Waals surface area (Å²) in [7, 11) is 0. The van der Waals surface area contributed by atoms with Gasteiger partial charge in [-0.25, -0.2) is 4.79 Å². The molecule has 2 amide bonds. The number of aliphatic hydroxyl groups is 1. The lowest BCUT2D eigenvalue weighted by Crippen LogP contribution is -2.52. The van der Waals surface area contributed by atoms with E-state index in [-0.39, 0.29) is 25.2 Å². The summed E-state index contributed by atoms with van der Waals surface area (Å²) in [5, 5.41) is 20.8. The molecule has 0 saturated heterocycles. The van der Waals surface area contributed by atoms with Crippen molar-refractivity contribution < 1.29 is 19.8 Å². The number of amides is 2. The van der Waals surface area contributed by atoms with Crippen molar-refractivity contribution in [2.75, 3.05) is 19.7 Å². The highest BCUT2D eigenvalue weighted by atomic mass is 16.4. The highest BCUT2D eigenvalue weighted by Crippen LogP contribution is 2.25. The summed E-state index contributed by atoms with van der Waals surface area (Å²) in [6.45, 7) is 4.13. The van der Waals surface area contributed by atoms with Crippen LogP contribution in [-0.2, 0) is 4.79 Å². The second-order valence-electron chi connectivity index (χ2n) is 5.73. The molecule has 116 valence electrons. The van der Waals surface area contributed by atoms with Gasteiger partial charge in [0.2, 0.25) is 0 Å².